The molecule has 3 N–H and O–H groups in total. The molecule has 1 aromatic rings. The van der Waals surface area contributed by atoms with Crippen LogP contribution in [0.25, 0.3) is 6.08 Å². The molecule has 0 saturated carbocycles. The van der Waals surface area contributed by atoms with Crippen LogP contribution in [0.2, 0.25) is 0 Å². The van der Waals surface area contributed by atoms with E-state index in [0.717, 1.165) is 5.56 Å². The second kappa shape index (κ2) is 8.76. The highest BCUT2D eigenvalue weighted by Gasteiger charge is 2.05. The Kier molecular flexibility index (Phi) is 6.97. The molecule has 0 aliphatic carbocycles. The normalized spacial score (nSPS) is 12.0. The number of aliphatic hydroxyl groups is 1. The van der Waals surface area contributed by atoms with Crippen molar-refractivity contribution in [3.05, 3.63) is 35.9 Å². The SMILES string of the molecule is CCOC(=O)C=Cc1ccc(NC(=O)NC(C)CO)cc1. The van der Waals surface area contributed by atoms with Crippen LogP contribution < -0.4 is 10.6 Å². The molecule has 114 valence electrons. The zero-order chi connectivity index (χ0) is 15.7. The van der Waals surface area contributed by atoms with Gasteiger partial charge in [0.1, 0.15) is 0 Å². The molecule has 2 amide bonds. The predicted octanol–water partition coefficient (Wildman–Crippen LogP) is 1.77. The number of esters is 1. The fourth-order valence-corrected chi connectivity index (χ4v) is 1.47. The van der Waals surface area contributed by atoms with Crippen molar-refractivity contribution in [2.45, 2.75) is 19.9 Å². The lowest BCUT2D eigenvalue weighted by atomic mass is 10.2. The average molecular weight is 292 g/mol. The fraction of sp³-hybridized carbons (Fsp3) is 0.333. The third-order valence-electron chi connectivity index (χ3n) is 2.52. The van der Waals surface area contributed by atoms with Crippen molar-refractivity contribution in [3.8, 4) is 0 Å². The van der Waals surface area contributed by atoms with Crippen molar-refractivity contribution in [2.75, 3.05) is 18.5 Å². The molecule has 0 spiro atoms. The summed E-state index contributed by atoms with van der Waals surface area (Å²) >= 11 is 0. The van der Waals surface area contributed by atoms with Gasteiger partial charge in [0.05, 0.1) is 19.3 Å². The molecule has 1 aromatic carbocycles. The number of ether oxygens (including phenoxy) is 1. The number of rotatable bonds is 6. The number of carbonyl (C=O) groups is 2. The molecule has 1 atom stereocenters. The largest absolute Gasteiger partial charge is 0.463 e. The monoisotopic (exact) mass is 292 g/mol. The summed E-state index contributed by atoms with van der Waals surface area (Å²) in [5, 5.41) is 14.1. The van der Waals surface area contributed by atoms with Gasteiger partial charge in [-0.2, -0.15) is 0 Å². The zero-order valence-electron chi connectivity index (χ0n) is 12.1. The lowest BCUT2D eigenvalue weighted by Crippen LogP contribution is -2.38. The molecule has 1 rings (SSSR count). The Bertz CT molecular complexity index is 497. The van der Waals surface area contributed by atoms with Gasteiger partial charge < -0.3 is 20.5 Å². The fourth-order valence-electron chi connectivity index (χ4n) is 1.47. The number of carbonyl (C=O) groups excluding carboxylic acids is 2. The molecule has 6 heteroatoms. The maximum absolute atomic E-state index is 11.5. The van der Waals surface area contributed by atoms with E-state index >= 15 is 0 Å². The van der Waals surface area contributed by atoms with Crippen LogP contribution >= 0.6 is 0 Å². The van der Waals surface area contributed by atoms with Crippen molar-refractivity contribution in [1.82, 2.24) is 5.32 Å². The molecule has 0 bridgehead atoms. The van der Waals surface area contributed by atoms with Crippen LogP contribution in [0.5, 0.6) is 0 Å². The summed E-state index contributed by atoms with van der Waals surface area (Å²) in [6, 6.07) is 6.27. The van der Waals surface area contributed by atoms with Crippen molar-refractivity contribution >= 4 is 23.8 Å². The smallest absolute Gasteiger partial charge is 0.330 e. The molecule has 6 nitrogen and oxygen atoms in total. The molecular weight excluding hydrogens is 272 g/mol. The van der Waals surface area contributed by atoms with Crippen LogP contribution in [-0.4, -0.2) is 36.4 Å². The Balaban J connectivity index is 2.54. The molecule has 0 fully saturated rings. The van der Waals surface area contributed by atoms with E-state index in [9.17, 15) is 9.59 Å². The van der Waals surface area contributed by atoms with E-state index in [1.165, 1.54) is 6.08 Å². The van der Waals surface area contributed by atoms with E-state index in [0.29, 0.717) is 12.3 Å². The second-order valence-electron chi connectivity index (χ2n) is 4.39. The third-order valence-corrected chi connectivity index (χ3v) is 2.52. The highest BCUT2D eigenvalue weighted by Crippen LogP contribution is 2.10. The summed E-state index contributed by atoms with van der Waals surface area (Å²) in [7, 11) is 0. The standard InChI is InChI=1S/C15H20N2O4/c1-3-21-14(19)9-6-12-4-7-13(8-5-12)17-15(20)16-11(2)10-18/h4-9,11,18H,3,10H2,1-2H3,(H2,16,17,20). The van der Waals surface area contributed by atoms with Gasteiger partial charge in [-0.05, 0) is 37.6 Å². The van der Waals surface area contributed by atoms with Crippen LogP contribution in [0.1, 0.15) is 19.4 Å². The zero-order valence-corrected chi connectivity index (χ0v) is 12.1. The Labute approximate surface area is 123 Å². The van der Waals surface area contributed by atoms with Crippen molar-refractivity contribution in [2.24, 2.45) is 0 Å². The molecule has 0 aromatic heterocycles. The number of urea groups is 1. The van der Waals surface area contributed by atoms with E-state index in [2.05, 4.69) is 10.6 Å². The predicted molar refractivity (Wildman–Crippen MR) is 80.8 cm³/mol. The molecule has 0 aliphatic heterocycles. The Morgan fingerprint density at radius 1 is 1.33 bits per heavy atom. The summed E-state index contributed by atoms with van der Waals surface area (Å²) in [6.45, 7) is 3.66. The van der Waals surface area contributed by atoms with Crippen molar-refractivity contribution in [3.63, 3.8) is 0 Å². The van der Waals surface area contributed by atoms with Gasteiger partial charge in [-0.15, -0.1) is 0 Å². The first kappa shape index (κ1) is 16.7. The van der Waals surface area contributed by atoms with Gasteiger partial charge in [0.25, 0.3) is 0 Å². The van der Waals surface area contributed by atoms with Gasteiger partial charge in [-0.3, -0.25) is 0 Å². The van der Waals surface area contributed by atoms with Crippen LogP contribution in [0.3, 0.4) is 0 Å². The lowest BCUT2D eigenvalue weighted by molar-refractivity contribution is -0.137. The summed E-state index contributed by atoms with van der Waals surface area (Å²) in [5.74, 6) is -0.392. The van der Waals surface area contributed by atoms with Gasteiger partial charge in [-0.25, -0.2) is 9.59 Å². The minimum absolute atomic E-state index is 0.120. The maximum atomic E-state index is 11.5. The first-order chi connectivity index (χ1) is 10.0. The molecular formula is C15H20N2O4. The summed E-state index contributed by atoms with van der Waals surface area (Å²) in [4.78, 5) is 22.7. The number of hydrogen-bond acceptors (Lipinski definition) is 4. The molecule has 0 saturated heterocycles. The highest BCUT2D eigenvalue weighted by atomic mass is 16.5. The van der Waals surface area contributed by atoms with E-state index in [4.69, 9.17) is 9.84 Å². The minimum Gasteiger partial charge on any atom is -0.463 e. The number of benzene rings is 1. The van der Waals surface area contributed by atoms with E-state index in [1.807, 2.05) is 0 Å². The summed E-state index contributed by atoms with van der Waals surface area (Å²) in [6.07, 6.45) is 2.98. The van der Waals surface area contributed by atoms with Crippen LogP contribution in [0.15, 0.2) is 30.3 Å². The molecule has 1 unspecified atom stereocenters. The maximum Gasteiger partial charge on any atom is 0.330 e. The van der Waals surface area contributed by atoms with Gasteiger partial charge in [-0.1, -0.05) is 12.1 Å². The topological polar surface area (TPSA) is 87.7 Å². The van der Waals surface area contributed by atoms with Crippen molar-refractivity contribution < 1.29 is 19.4 Å². The highest BCUT2D eigenvalue weighted by molar-refractivity contribution is 5.90. The number of anilines is 1. The van der Waals surface area contributed by atoms with Crippen LogP contribution in [-0.2, 0) is 9.53 Å². The molecule has 21 heavy (non-hydrogen) atoms. The van der Waals surface area contributed by atoms with E-state index < -0.39 is 5.97 Å². The number of amides is 2. The third kappa shape index (κ3) is 6.58. The minimum atomic E-state index is -0.392. The van der Waals surface area contributed by atoms with Crippen LogP contribution in [0.4, 0.5) is 10.5 Å². The van der Waals surface area contributed by atoms with E-state index in [-0.39, 0.29) is 18.7 Å². The summed E-state index contributed by atoms with van der Waals surface area (Å²) in [5.41, 5.74) is 1.43. The van der Waals surface area contributed by atoms with Gasteiger partial charge in [0.2, 0.25) is 0 Å². The Hall–Kier alpha value is -2.34. The molecule has 0 aliphatic rings. The summed E-state index contributed by atoms with van der Waals surface area (Å²) < 4.78 is 4.78. The second-order valence-corrected chi connectivity index (χ2v) is 4.39. The van der Waals surface area contributed by atoms with Gasteiger partial charge in [0.15, 0.2) is 0 Å². The number of nitrogens with one attached hydrogen (secondary N) is 2. The van der Waals surface area contributed by atoms with Crippen LogP contribution in [0, 0.1) is 0 Å². The average Bonchev–Trinajstić information content (AvgIpc) is 2.46. The molecule has 0 heterocycles. The quantitative estimate of drug-likeness (QED) is 0.551. The number of aliphatic hydroxyl groups excluding tert-OH is 1. The van der Waals surface area contributed by atoms with Gasteiger partial charge in [0, 0.05) is 11.8 Å². The Morgan fingerprint density at radius 3 is 2.57 bits per heavy atom. The Morgan fingerprint density at radius 2 is 2.00 bits per heavy atom. The first-order valence-electron chi connectivity index (χ1n) is 6.68. The lowest BCUT2D eigenvalue weighted by Gasteiger charge is -2.11. The first-order valence-corrected chi connectivity index (χ1v) is 6.68. The van der Waals surface area contributed by atoms with E-state index in [1.54, 1.807) is 44.2 Å². The van der Waals surface area contributed by atoms with Gasteiger partial charge >= 0.3 is 12.0 Å². The number of hydrogen-bond donors (Lipinski definition) is 3. The molecule has 0 radical (unpaired) electrons. The van der Waals surface area contributed by atoms with Crippen molar-refractivity contribution in [1.29, 1.82) is 0 Å².